The molecule has 1 aliphatic heterocycles. The molecule has 0 atom stereocenters. The predicted octanol–water partition coefficient (Wildman–Crippen LogP) is 7.58. The lowest BCUT2D eigenvalue weighted by molar-refractivity contribution is 0.0276. The van der Waals surface area contributed by atoms with Crippen LogP contribution in [0, 0.1) is 0 Å². The van der Waals surface area contributed by atoms with Crippen LogP contribution in [0.5, 0.6) is 5.75 Å². The third kappa shape index (κ3) is 31.8. The molecule has 1 aromatic heterocycles. The number of hydrogen-bond acceptors (Lipinski definition) is 19. The number of rotatable bonds is 46. The number of amides is 6. The van der Waals surface area contributed by atoms with Gasteiger partial charge >= 0.3 is 30.4 Å². The van der Waals surface area contributed by atoms with Crippen LogP contribution in [0.2, 0.25) is 0 Å². The van der Waals surface area contributed by atoms with Crippen molar-refractivity contribution in [2.24, 2.45) is 0 Å². The fourth-order valence-electron chi connectivity index (χ4n) is 8.32. The van der Waals surface area contributed by atoms with Gasteiger partial charge in [0.05, 0.1) is 103 Å². The topological polar surface area (TPSA) is 289 Å². The summed E-state index contributed by atoms with van der Waals surface area (Å²) < 4.78 is 66.5. The molecule has 5 rings (SSSR count). The summed E-state index contributed by atoms with van der Waals surface area (Å²) in [5.74, 6) is 1.93. The van der Waals surface area contributed by atoms with Gasteiger partial charge in [0.1, 0.15) is 44.6 Å². The molecule has 0 spiro atoms. The van der Waals surface area contributed by atoms with Gasteiger partial charge in [-0.15, -0.1) is 11.6 Å². The number of anilines is 2. The summed E-state index contributed by atoms with van der Waals surface area (Å²) in [5.41, 5.74) is 2.94. The lowest BCUT2D eigenvalue weighted by Gasteiger charge is -2.26. The Hall–Kier alpha value is -7.01. The lowest BCUT2D eigenvalue weighted by atomic mass is 10.1. The number of fused-ring (bicyclic) bond motifs is 1. The number of nitrogens with zero attached hydrogens (tertiary/aromatic N) is 3. The fraction of sp³-hybridized carbons (Fsp3) is 0.574. The Labute approximate surface area is 520 Å². The molecule has 0 saturated carbocycles. The Morgan fingerprint density at radius 2 is 1.14 bits per heavy atom. The Bertz CT molecular complexity index is 2630. The molecule has 88 heavy (non-hydrogen) atoms. The lowest BCUT2D eigenvalue weighted by Crippen LogP contribution is -2.38. The summed E-state index contributed by atoms with van der Waals surface area (Å²) in [4.78, 5) is 64.1. The first-order chi connectivity index (χ1) is 43.2. The quantitative estimate of drug-likeness (QED) is 0.0108. The van der Waals surface area contributed by atoms with E-state index in [4.69, 9.17) is 73.5 Å². The Balaban J connectivity index is 0.819. The third-order valence-electron chi connectivity index (χ3n) is 12.8. The summed E-state index contributed by atoms with van der Waals surface area (Å²) in [6.07, 6.45) is 7.54. The van der Waals surface area contributed by atoms with Crippen molar-refractivity contribution in [2.45, 2.75) is 58.4 Å². The molecule has 1 fully saturated rings. The van der Waals surface area contributed by atoms with Crippen LogP contribution in [-0.4, -0.2) is 216 Å². The second kappa shape index (κ2) is 46.2. The Morgan fingerprint density at radius 1 is 0.568 bits per heavy atom. The van der Waals surface area contributed by atoms with Gasteiger partial charge in [-0.1, -0.05) is 62.6 Å². The minimum Gasteiger partial charge on any atom is -0.492 e. The summed E-state index contributed by atoms with van der Waals surface area (Å²) >= 11 is 5.66. The standard InChI is InChI=1S/C61H90ClN9O17/c1-2-3-14-50-47-56(68-57(72)67-54-18-19-55(53-17-7-6-16-52(53)54)84-35-26-70-24-33-81-34-25-70)71(69-50)51-15-12-13-49(46-51)48-66-61(76)88-45-43-83-41-39-80-31-22-64-59(74)86-29-11-10-28-85-58(73)63-21-30-79-38-40-82-42-44-87-60(75)65-23-32-78-37-36-77-27-9-5-4-8-20-62/h6-7,10-13,15-19,46-47H,2-5,8-9,14,20-45,48H2,1H3,(H,63,73)(H,64,74)(H,65,75)(H,66,76)(H2,67,68,72)/b11-10+. The number of carbonyl (C=O) groups is 5. The van der Waals surface area contributed by atoms with Gasteiger partial charge in [-0.05, 0) is 67.7 Å². The first kappa shape index (κ1) is 71.7. The molecule has 1 aliphatic rings. The van der Waals surface area contributed by atoms with Crippen molar-refractivity contribution < 1.29 is 80.8 Å². The largest absolute Gasteiger partial charge is 0.492 e. The molecular weight excluding hydrogens is 1170 g/mol. The van der Waals surface area contributed by atoms with Crippen molar-refractivity contribution in [3.63, 3.8) is 0 Å². The van der Waals surface area contributed by atoms with Crippen LogP contribution in [0.25, 0.3) is 16.5 Å². The highest BCUT2D eigenvalue weighted by Gasteiger charge is 2.17. The monoisotopic (exact) mass is 1260 g/mol. The van der Waals surface area contributed by atoms with Crippen LogP contribution in [0.4, 0.5) is 35.5 Å². The number of aromatic nitrogens is 2. The van der Waals surface area contributed by atoms with Gasteiger partial charge in [0.2, 0.25) is 0 Å². The second-order valence-electron chi connectivity index (χ2n) is 19.6. The van der Waals surface area contributed by atoms with Crippen LogP contribution in [0.1, 0.15) is 56.7 Å². The van der Waals surface area contributed by atoms with Crippen molar-refractivity contribution in [1.29, 1.82) is 0 Å². The summed E-state index contributed by atoms with van der Waals surface area (Å²) in [6.45, 7) is 11.5. The van der Waals surface area contributed by atoms with E-state index < -0.39 is 30.4 Å². The average Bonchev–Trinajstić information content (AvgIpc) is 4.24. The van der Waals surface area contributed by atoms with Gasteiger partial charge in [-0.25, -0.2) is 28.7 Å². The number of alkyl carbamates (subject to hydrolysis) is 4. The second-order valence-corrected chi connectivity index (χ2v) is 20.0. The van der Waals surface area contributed by atoms with Crippen LogP contribution in [0.15, 0.2) is 78.9 Å². The minimum absolute atomic E-state index is 0.0189. The zero-order chi connectivity index (χ0) is 62.3. The molecule has 2 heterocycles. The maximum absolute atomic E-state index is 13.6. The van der Waals surface area contributed by atoms with E-state index in [2.05, 4.69) is 43.7 Å². The summed E-state index contributed by atoms with van der Waals surface area (Å²) in [5, 5.41) is 23.1. The van der Waals surface area contributed by atoms with Gasteiger partial charge in [-0.2, -0.15) is 5.10 Å². The molecule has 1 saturated heterocycles. The van der Waals surface area contributed by atoms with E-state index in [0.717, 1.165) is 106 Å². The number of urea groups is 1. The maximum atomic E-state index is 13.6. The van der Waals surface area contributed by atoms with Gasteiger partial charge in [-0.3, -0.25) is 10.2 Å². The highest BCUT2D eigenvalue weighted by atomic mass is 35.5. The number of aryl methyl sites for hydroxylation is 1. The Morgan fingerprint density at radius 3 is 1.76 bits per heavy atom. The number of morpholine rings is 1. The minimum atomic E-state index is -0.643. The van der Waals surface area contributed by atoms with E-state index in [-0.39, 0.29) is 98.9 Å². The number of alkyl halides is 1. The van der Waals surface area contributed by atoms with Crippen molar-refractivity contribution in [3.05, 3.63) is 90.1 Å². The van der Waals surface area contributed by atoms with Crippen LogP contribution >= 0.6 is 11.6 Å². The zero-order valence-corrected chi connectivity index (χ0v) is 51.5. The zero-order valence-electron chi connectivity index (χ0n) is 50.7. The molecule has 0 bridgehead atoms. The van der Waals surface area contributed by atoms with E-state index >= 15 is 0 Å². The van der Waals surface area contributed by atoms with E-state index in [1.807, 2.05) is 66.7 Å². The normalized spacial score (nSPS) is 12.4. The van der Waals surface area contributed by atoms with Gasteiger partial charge in [0.15, 0.2) is 0 Å². The molecule has 488 valence electrons. The van der Waals surface area contributed by atoms with Crippen molar-refractivity contribution in [3.8, 4) is 11.4 Å². The molecular formula is C61H90ClN9O17. The van der Waals surface area contributed by atoms with Gasteiger partial charge in [0, 0.05) is 75.1 Å². The third-order valence-corrected chi connectivity index (χ3v) is 13.1. The molecule has 3 aromatic carbocycles. The highest BCUT2D eigenvalue weighted by Crippen LogP contribution is 2.32. The molecule has 6 amide bonds. The molecule has 27 heteroatoms. The van der Waals surface area contributed by atoms with Gasteiger partial charge in [0.25, 0.3) is 0 Å². The van der Waals surface area contributed by atoms with Crippen LogP contribution in [-0.2, 0) is 65.1 Å². The number of hydrogen-bond donors (Lipinski definition) is 6. The van der Waals surface area contributed by atoms with Crippen molar-refractivity contribution >= 4 is 64.3 Å². The average molecular weight is 1260 g/mol. The van der Waals surface area contributed by atoms with E-state index in [0.29, 0.717) is 62.7 Å². The van der Waals surface area contributed by atoms with Crippen LogP contribution in [0.3, 0.4) is 0 Å². The highest BCUT2D eigenvalue weighted by molar-refractivity contribution is 6.17. The molecule has 0 radical (unpaired) electrons. The summed E-state index contributed by atoms with van der Waals surface area (Å²) in [6, 6.07) is 20.5. The maximum Gasteiger partial charge on any atom is 0.407 e. The number of halogens is 1. The fourth-order valence-corrected chi connectivity index (χ4v) is 8.51. The predicted molar refractivity (Wildman–Crippen MR) is 331 cm³/mol. The SMILES string of the molecule is CCCCc1cc(NC(=O)Nc2ccc(OCCN3CCOCC3)c3ccccc23)n(-c2cccc(CNC(=O)OCCOCCOCCNC(=O)OC/C=C/COC(=O)NCCOCCOCCOC(=O)NCCOCCOCCCCCCCl)c2)n1. The number of unbranched alkanes of at least 4 members (excludes halogenated alkanes) is 4. The van der Waals surface area contributed by atoms with Crippen molar-refractivity contribution in [2.75, 3.05) is 181 Å². The smallest absolute Gasteiger partial charge is 0.407 e. The van der Waals surface area contributed by atoms with E-state index in [1.165, 1.54) is 12.2 Å². The molecule has 0 unspecified atom stereocenters. The van der Waals surface area contributed by atoms with Gasteiger partial charge < -0.3 is 83.4 Å². The van der Waals surface area contributed by atoms with E-state index in [9.17, 15) is 24.0 Å². The molecule has 6 N–H and O–H groups in total. The summed E-state index contributed by atoms with van der Waals surface area (Å²) in [7, 11) is 0. The first-order valence-corrected chi connectivity index (χ1v) is 30.8. The molecule has 26 nitrogen and oxygen atoms in total. The van der Waals surface area contributed by atoms with Crippen LogP contribution < -0.4 is 36.6 Å². The first-order valence-electron chi connectivity index (χ1n) is 30.2. The number of ether oxygens (including phenoxy) is 12. The van der Waals surface area contributed by atoms with Crippen molar-refractivity contribution in [1.82, 2.24) is 35.9 Å². The Kier molecular flexibility index (Phi) is 37.6. The molecule has 0 aliphatic carbocycles. The number of nitrogens with one attached hydrogen (secondary N) is 6. The van der Waals surface area contributed by atoms with E-state index in [1.54, 1.807) is 4.68 Å². The molecule has 4 aromatic rings. The number of benzene rings is 3. The number of carbonyl (C=O) groups excluding carboxylic acids is 5.